The summed E-state index contributed by atoms with van der Waals surface area (Å²) in [4.78, 5) is 2.19. The SMILES string of the molecule is CC(CN(C)C)NCCn1cccn1. The van der Waals surface area contributed by atoms with Crippen LogP contribution in [0.5, 0.6) is 0 Å². The van der Waals surface area contributed by atoms with Crippen LogP contribution in [0.4, 0.5) is 0 Å². The van der Waals surface area contributed by atoms with Gasteiger partial charge in [-0.2, -0.15) is 5.10 Å². The van der Waals surface area contributed by atoms with Gasteiger partial charge in [-0.3, -0.25) is 4.68 Å². The van der Waals surface area contributed by atoms with Crippen molar-refractivity contribution in [1.29, 1.82) is 0 Å². The maximum Gasteiger partial charge on any atom is 0.0534 e. The summed E-state index contributed by atoms with van der Waals surface area (Å²) in [6.45, 7) is 5.17. The zero-order chi connectivity index (χ0) is 10.4. The molecule has 4 heteroatoms. The molecular weight excluding hydrogens is 176 g/mol. The molecule has 1 heterocycles. The molecule has 0 saturated heterocycles. The van der Waals surface area contributed by atoms with E-state index in [0.29, 0.717) is 6.04 Å². The second-order valence-corrected chi connectivity index (χ2v) is 3.89. The number of aromatic nitrogens is 2. The Morgan fingerprint density at radius 2 is 2.29 bits per heavy atom. The first-order valence-corrected chi connectivity index (χ1v) is 5.04. The third-order valence-electron chi connectivity index (χ3n) is 2.03. The van der Waals surface area contributed by atoms with Crippen LogP contribution in [0, 0.1) is 0 Å². The smallest absolute Gasteiger partial charge is 0.0534 e. The van der Waals surface area contributed by atoms with Gasteiger partial charge in [0, 0.05) is 31.5 Å². The van der Waals surface area contributed by atoms with E-state index in [9.17, 15) is 0 Å². The van der Waals surface area contributed by atoms with Gasteiger partial charge in [0.1, 0.15) is 0 Å². The quantitative estimate of drug-likeness (QED) is 0.716. The van der Waals surface area contributed by atoms with E-state index in [0.717, 1.165) is 19.6 Å². The number of hydrogen-bond donors (Lipinski definition) is 1. The highest BCUT2D eigenvalue weighted by Gasteiger charge is 2.01. The third-order valence-corrected chi connectivity index (χ3v) is 2.03. The summed E-state index contributed by atoms with van der Waals surface area (Å²) in [5.41, 5.74) is 0. The molecule has 0 aliphatic rings. The highest BCUT2D eigenvalue weighted by molar-refractivity contribution is 4.77. The minimum absolute atomic E-state index is 0.528. The van der Waals surface area contributed by atoms with E-state index in [1.807, 2.05) is 23.1 Å². The molecule has 0 bridgehead atoms. The third kappa shape index (κ3) is 4.39. The van der Waals surface area contributed by atoms with Crippen LogP contribution in [0.25, 0.3) is 0 Å². The lowest BCUT2D eigenvalue weighted by atomic mass is 10.3. The lowest BCUT2D eigenvalue weighted by Gasteiger charge is -2.18. The van der Waals surface area contributed by atoms with Gasteiger partial charge in [-0.25, -0.2) is 0 Å². The Morgan fingerprint density at radius 3 is 2.86 bits per heavy atom. The molecular formula is C10H20N4. The van der Waals surface area contributed by atoms with E-state index in [-0.39, 0.29) is 0 Å². The number of nitrogens with zero attached hydrogens (tertiary/aromatic N) is 3. The fraction of sp³-hybridized carbons (Fsp3) is 0.700. The van der Waals surface area contributed by atoms with Crippen molar-refractivity contribution in [2.45, 2.75) is 19.5 Å². The standard InChI is InChI=1S/C10H20N4/c1-10(9-13(2)3)11-6-8-14-7-4-5-12-14/h4-5,7,10-11H,6,8-9H2,1-3H3. The lowest BCUT2D eigenvalue weighted by molar-refractivity contribution is 0.345. The van der Waals surface area contributed by atoms with Crippen LogP contribution in [0.1, 0.15) is 6.92 Å². The van der Waals surface area contributed by atoms with Gasteiger partial charge in [-0.05, 0) is 27.1 Å². The van der Waals surface area contributed by atoms with Gasteiger partial charge in [0.15, 0.2) is 0 Å². The Labute approximate surface area is 85.9 Å². The van der Waals surface area contributed by atoms with E-state index >= 15 is 0 Å². The van der Waals surface area contributed by atoms with Crippen molar-refractivity contribution in [2.75, 3.05) is 27.2 Å². The molecule has 1 unspecified atom stereocenters. The summed E-state index contributed by atoms with van der Waals surface area (Å²) in [5.74, 6) is 0. The van der Waals surface area contributed by atoms with Gasteiger partial charge in [-0.15, -0.1) is 0 Å². The zero-order valence-electron chi connectivity index (χ0n) is 9.27. The van der Waals surface area contributed by atoms with Gasteiger partial charge in [0.05, 0.1) is 6.54 Å². The molecule has 1 rings (SSSR count). The first kappa shape index (κ1) is 11.2. The predicted molar refractivity (Wildman–Crippen MR) is 58.2 cm³/mol. The molecule has 1 atom stereocenters. The minimum atomic E-state index is 0.528. The predicted octanol–water partition coefficient (Wildman–Crippen LogP) is 0.423. The second kappa shape index (κ2) is 5.78. The maximum absolute atomic E-state index is 4.14. The second-order valence-electron chi connectivity index (χ2n) is 3.89. The van der Waals surface area contributed by atoms with E-state index < -0.39 is 0 Å². The largest absolute Gasteiger partial charge is 0.311 e. The van der Waals surface area contributed by atoms with Crippen molar-refractivity contribution in [3.05, 3.63) is 18.5 Å². The number of hydrogen-bond acceptors (Lipinski definition) is 3. The maximum atomic E-state index is 4.14. The molecule has 80 valence electrons. The summed E-state index contributed by atoms with van der Waals surface area (Å²) in [5, 5.41) is 7.59. The topological polar surface area (TPSA) is 33.1 Å². The highest BCUT2D eigenvalue weighted by atomic mass is 15.3. The van der Waals surface area contributed by atoms with Gasteiger partial charge >= 0.3 is 0 Å². The average molecular weight is 196 g/mol. The fourth-order valence-electron chi connectivity index (χ4n) is 1.47. The number of nitrogens with one attached hydrogen (secondary N) is 1. The molecule has 0 fully saturated rings. The van der Waals surface area contributed by atoms with Gasteiger partial charge in [0.2, 0.25) is 0 Å². The van der Waals surface area contributed by atoms with E-state index in [4.69, 9.17) is 0 Å². The first-order chi connectivity index (χ1) is 6.68. The Balaban J connectivity index is 2.09. The fourth-order valence-corrected chi connectivity index (χ4v) is 1.47. The van der Waals surface area contributed by atoms with Gasteiger partial charge < -0.3 is 10.2 Å². The van der Waals surface area contributed by atoms with Crippen LogP contribution < -0.4 is 5.32 Å². The molecule has 1 N–H and O–H groups in total. The van der Waals surface area contributed by atoms with Crippen LogP contribution in [0.15, 0.2) is 18.5 Å². The Bertz CT molecular complexity index is 230. The summed E-state index contributed by atoms with van der Waals surface area (Å²) in [7, 11) is 4.18. The molecule has 0 aliphatic heterocycles. The van der Waals surface area contributed by atoms with Crippen molar-refractivity contribution in [3.63, 3.8) is 0 Å². The Morgan fingerprint density at radius 1 is 1.50 bits per heavy atom. The van der Waals surface area contributed by atoms with Crippen LogP contribution >= 0.6 is 0 Å². The van der Waals surface area contributed by atoms with E-state index in [2.05, 4.69) is 36.3 Å². The molecule has 0 saturated carbocycles. The van der Waals surface area contributed by atoms with Crippen LogP contribution in [0.2, 0.25) is 0 Å². The molecule has 0 amide bonds. The van der Waals surface area contributed by atoms with Crippen molar-refractivity contribution in [2.24, 2.45) is 0 Å². The molecule has 4 nitrogen and oxygen atoms in total. The molecule has 0 aliphatic carbocycles. The summed E-state index contributed by atoms with van der Waals surface area (Å²) in [6.07, 6.45) is 3.79. The van der Waals surface area contributed by atoms with Crippen LogP contribution in [0.3, 0.4) is 0 Å². The molecule has 1 aromatic rings. The summed E-state index contributed by atoms with van der Waals surface area (Å²) < 4.78 is 1.94. The Kier molecular flexibility index (Phi) is 4.62. The average Bonchev–Trinajstić information content (AvgIpc) is 2.55. The van der Waals surface area contributed by atoms with Crippen LogP contribution in [-0.4, -0.2) is 47.9 Å². The lowest BCUT2D eigenvalue weighted by Crippen LogP contribution is -2.37. The van der Waals surface area contributed by atoms with Crippen molar-refractivity contribution in [3.8, 4) is 0 Å². The molecule has 14 heavy (non-hydrogen) atoms. The van der Waals surface area contributed by atoms with Crippen molar-refractivity contribution in [1.82, 2.24) is 20.0 Å². The van der Waals surface area contributed by atoms with Crippen molar-refractivity contribution < 1.29 is 0 Å². The molecule has 0 spiro atoms. The van der Waals surface area contributed by atoms with Gasteiger partial charge in [-0.1, -0.05) is 0 Å². The summed E-state index contributed by atoms with van der Waals surface area (Å²) in [6, 6.07) is 2.48. The highest BCUT2D eigenvalue weighted by Crippen LogP contribution is 1.86. The van der Waals surface area contributed by atoms with E-state index in [1.54, 1.807) is 0 Å². The monoisotopic (exact) mass is 196 g/mol. The Hall–Kier alpha value is -0.870. The van der Waals surface area contributed by atoms with Crippen LogP contribution in [-0.2, 0) is 6.54 Å². The minimum Gasteiger partial charge on any atom is -0.311 e. The summed E-state index contributed by atoms with van der Waals surface area (Å²) >= 11 is 0. The zero-order valence-corrected chi connectivity index (χ0v) is 9.27. The number of rotatable bonds is 6. The van der Waals surface area contributed by atoms with E-state index in [1.165, 1.54) is 0 Å². The number of likely N-dealkylation sites (N-methyl/N-ethyl adjacent to an activating group) is 1. The molecule has 0 aromatic carbocycles. The first-order valence-electron chi connectivity index (χ1n) is 5.04. The van der Waals surface area contributed by atoms with Gasteiger partial charge in [0.25, 0.3) is 0 Å². The molecule has 0 radical (unpaired) electrons. The van der Waals surface area contributed by atoms with Crippen molar-refractivity contribution >= 4 is 0 Å². The molecule has 1 aromatic heterocycles. The normalized spacial score (nSPS) is 13.4.